The third-order valence-electron chi connectivity index (χ3n) is 2.61. The molecule has 0 N–H and O–H groups in total. The van der Waals surface area contributed by atoms with Gasteiger partial charge in [-0.1, -0.05) is 37.3 Å². The van der Waals surface area contributed by atoms with Gasteiger partial charge in [-0.15, -0.1) is 0 Å². The molecule has 0 aliphatic rings. The van der Waals surface area contributed by atoms with Crippen LogP contribution in [0.5, 0.6) is 0 Å². The lowest BCUT2D eigenvalue weighted by Gasteiger charge is -2.08. The minimum Gasteiger partial charge on any atom is -0.282 e. The highest BCUT2D eigenvalue weighted by molar-refractivity contribution is 14.1. The average Bonchev–Trinajstić information content (AvgIpc) is 2.27. The van der Waals surface area contributed by atoms with E-state index >= 15 is 0 Å². The molecule has 0 amide bonds. The van der Waals surface area contributed by atoms with Crippen LogP contribution in [-0.2, 0) is 6.42 Å². The van der Waals surface area contributed by atoms with Crippen LogP contribution < -0.4 is 0 Å². The van der Waals surface area contributed by atoms with Crippen LogP contribution in [0.25, 0.3) is 10.8 Å². The molecule has 0 aromatic heterocycles. The van der Waals surface area contributed by atoms with Crippen molar-refractivity contribution in [3.63, 3.8) is 0 Å². The number of hydrogen-bond acceptors (Lipinski definition) is 1. The number of hydrogen-bond donors (Lipinski definition) is 0. The molecule has 0 fully saturated rings. The van der Waals surface area contributed by atoms with E-state index in [1.165, 1.54) is 10.8 Å². The van der Waals surface area contributed by atoms with E-state index in [0.29, 0.717) is 0 Å². The summed E-state index contributed by atoms with van der Waals surface area (Å²) in [6.07, 6.45) is 0.894. The summed E-state index contributed by atoms with van der Waals surface area (Å²) in [6.45, 7) is 2.09. The normalized spacial score (nSPS) is 10.5. The maximum atomic E-state index is 11.5. The molecule has 0 heterocycles. The van der Waals surface area contributed by atoms with Crippen LogP contribution in [0.15, 0.2) is 36.4 Å². The van der Waals surface area contributed by atoms with E-state index in [2.05, 4.69) is 19.1 Å². The minimum absolute atomic E-state index is 0.121. The second-order valence-corrected chi connectivity index (χ2v) is 4.42. The van der Waals surface area contributed by atoms with E-state index in [4.69, 9.17) is 0 Å². The van der Waals surface area contributed by atoms with Gasteiger partial charge in [-0.25, -0.2) is 0 Å². The fourth-order valence-corrected chi connectivity index (χ4v) is 2.41. The van der Waals surface area contributed by atoms with Crippen LogP contribution in [0.4, 0.5) is 0 Å². The Kier molecular flexibility index (Phi) is 3.05. The van der Waals surface area contributed by atoms with Gasteiger partial charge in [0.15, 0.2) is 0 Å². The van der Waals surface area contributed by atoms with Crippen LogP contribution >= 0.6 is 22.6 Å². The number of halogens is 1. The molecule has 0 aliphatic heterocycles. The summed E-state index contributed by atoms with van der Waals surface area (Å²) in [4.78, 5) is 11.5. The molecule has 0 atom stereocenters. The highest BCUT2D eigenvalue weighted by Gasteiger charge is 2.09. The van der Waals surface area contributed by atoms with Crippen LogP contribution in [0.1, 0.15) is 22.8 Å². The first-order chi connectivity index (χ1) is 7.24. The van der Waals surface area contributed by atoms with Crippen LogP contribution in [-0.4, -0.2) is 3.79 Å². The Morgan fingerprint density at radius 2 is 1.93 bits per heavy atom. The lowest BCUT2D eigenvalue weighted by Crippen LogP contribution is -1.96. The van der Waals surface area contributed by atoms with Gasteiger partial charge in [-0.05, 0) is 28.8 Å². The summed E-state index contributed by atoms with van der Waals surface area (Å²) >= 11 is 1.85. The van der Waals surface area contributed by atoms with Gasteiger partial charge in [0.1, 0.15) is 0 Å². The summed E-state index contributed by atoms with van der Waals surface area (Å²) in [5.41, 5.74) is 2.00. The first-order valence-electron chi connectivity index (χ1n) is 4.94. The molecular formula is C13H11IO. The van der Waals surface area contributed by atoms with Crippen LogP contribution in [0, 0.1) is 0 Å². The molecular weight excluding hydrogens is 299 g/mol. The van der Waals surface area contributed by atoms with Crippen molar-refractivity contribution in [3.05, 3.63) is 47.5 Å². The number of rotatable bonds is 2. The maximum absolute atomic E-state index is 11.5. The molecule has 2 aromatic carbocycles. The van der Waals surface area contributed by atoms with Crippen molar-refractivity contribution in [1.29, 1.82) is 0 Å². The molecule has 2 aromatic rings. The third kappa shape index (κ3) is 1.91. The lowest BCUT2D eigenvalue weighted by atomic mass is 9.98. The predicted octanol–water partition coefficient (Wildman–Crippen LogP) is 3.98. The number of aryl methyl sites for hydroxylation is 1. The molecule has 2 rings (SSSR count). The van der Waals surface area contributed by atoms with Crippen molar-refractivity contribution in [2.24, 2.45) is 0 Å². The van der Waals surface area contributed by atoms with E-state index < -0.39 is 0 Å². The molecule has 2 heteroatoms. The molecule has 0 unspecified atom stereocenters. The molecule has 15 heavy (non-hydrogen) atoms. The second kappa shape index (κ2) is 4.31. The molecule has 0 saturated heterocycles. The van der Waals surface area contributed by atoms with Crippen LogP contribution in [0.3, 0.4) is 0 Å². The topological polar surface area (TPSA) is 17.1 Å². The Labute approximate surface area is 103 Å². The first-order valence-corrected chi connectivity index (χ1v) is 6.02. The number of carbonyl (C=O) groups is 1. The second-order valence-electron chi connectivity index (χ2n) is 3.44. The van der Waals surface area contributed by atoms with Gasteiger partial charge >= 0.3 is 0 Å². The Morgan fingerprint density at radius 1 is 1.20 bits per heavy atom. The van der Waals surface area contributed by atoms with E-state index in [1.807, 2.05) is 46.9 Å². The summed E-state index contributed by atoms with van der Waals surface area (Å²) in [6, 6.07) is 12.1. The number of carbonyl (C=O) groups excluding carboxylic acids is 1. The van der Waals surface area contributed by atoms with Gasteiger partial charge in [0.25, 0.3) is 0 Å². The average molecular weight is 310 g/mol. The molecule has 0 saturated carbocycles. The number of fused-ring (bicyclic) bond motifs is 1. The minimum atomic E-state index is 0.121. The van der Waals surface area contributed by atoms with Crippen molar-refractivity contribution in [1.82, 2.24) is 0 Å². The van der Waals surface area contributed by atoms with Crippen molar-refractivity contribution >= 4 is 37.2 Å². The van der Waals surface area contributed by atoms with Crippen LogP contribution in [0.2, 0.25) is 0 Å². The summed E-state index contributed by atoms with van der Waals surface area (Å²) < 4.78 is 0.121. The van der Waals surface area contributed by atoms with Crippen molar-refractivity contribution < 1.29 is 4.79 Å². The third-order valence-corrected chi connectivity index (χ3v) is 3.19. The van der Waals surface area contributed by atoms with E-state index in [0.717, 1.165) is 17.5 Å². The fourth-order valence-electron chi connectivity index (χ4n) is 1.90. The van der Waals surface area contributed by atoms with Gasteiger partial charge in [0.2, 0.25) is 3.79 Å². The molecule has 1 nitrogen and oxygen atoms in total. The first kappa shape index (κ1) is 10.6. The summed E-state index contributed by atoms with van der Waals surface area (Å²) in [5, 5.41) is 2.40. The smallest absolute Gasteiger partial charge is 0.222 e. The van der Waals surface area contributed by atoms with Gasteiger partial charge in [-0.2, -0.15) is 0 Å². The maximum Gasteiger partial charge on any atom is 0.222 e. The monoisotopic (exact) mass is 310 g/mol. The molecule has 0 spiro atoms. The zero-order valence-corrected chi connectivity index (χ0v) is 10.6. The molecule has 76 valence electrons. The largest absolute Gasteiger partial charge is 0.282 e. The molecule has 0 bridgehead atoms. The SMILES string of the molecule is CCc1c(C(=O)I)ccc2ccccc12. The fraction of sp³-hybridized carbons (Fsp3) is 0.154. The number of benzene rings is 2. The van der Waals surface area contributed by atoms with Crippen molar-refractivity contribution in [2.75, 3.05) is 0 Å². The van der Waals surface area contributed by atoms with Gasteiger partial charge in [0, 0.05) is 28.2 Å². The highest BCUT2D eigenvalue weighted by atomic mass is 127. The van der Waals surface area contributed by atoms with E-state index in [1.54, 1.807) is 0 Å². The predicted molar refractivity (Wildman–Crippen MR) is 71.7 cm³/mol. The lowest BCUT2D eigenvalue weighted by molar-refractivity contribution is 0.110. The van der Waals surface area contributed by atoms with Crippen molar-refractivity contribution in [3.8, 4) is 0 Å². The van der Waals surface area contributed by atoms with E-state index in [-0.39, 0.29) is 3.79 Å². The van der Waals surface area contributed by atoms with E-state index in [9.17, 15) is 4.79 Å². The zero-order valence-electron chi connectivity index (χ0n) is 8.46. The molecule has 0 aliphatic carbocycles. The van der Waals surface area contributed by atoms with Gasteiger partial charge in [-0.3, -0.25) is 4.79 Å². The van der Waals surface area contributed by atoms with Gasteiger partial charge < -0.3 is 0 Å². The summed E-state index contributed by atoms with van der Waals surface area (Å²) in [7, 11) is 0. The van der Waals surface area contributed by atoms with Gasteiger partial charge in [0.05, 0.1) is 0 Å². The van der Waals surface area contributed by atoms with Crippen molar-refractivity contribution in [2.45, 2.75) is 13.3 Å². The Hall–Kier alpha value is -0.900. The Balaban J connectivity index is 2.81. The highest BCUT2D eigenvalue weighted by Crippen LogP contribution is 2.24. The molecule has 0 radical (unpaired) electrons. The zero-order chi connectivity index (χ0) is 10.8. The standard InChI is InChI=1S/C13H11IO/c1-2-10-11-6-4-3-5-9(11)7-8-12(10)13(14)15/h3-8H,2H2,1H3. The quantitative estimate of drug-likeness (QED) is 0.606. The Morgan fingerprint density at radius 3 is 2.60 bits per heavy atom. The summed E-state index contributed by atoms with van der Waals surface area (Å²) in [5.74, 6) is 0. The Bertz CT molecular complexity index is 517.